The van der Waals surface area contributed by atoms with Crippen LogP contribution in [0.25, 0.3) is 33.5 Å². The van der Waals surface area contributed by atoms with Crippen LogP contribution < -0.4 is 32.0 Å². The van der Waals surface area contributed by atoms with Crippen LogP contribution in [0.4, 0.5) is 49.4 Å². The summed E-state index contributed by atoms with van der Waals surface area (Å²) in [4.78, 5) is 54.7. The smallest absolute Gasteiger partial charge is 0.417 e. The highest BCUT2D eigenvalue weighted by atomic mass is 19.4. The second kappa shape index (κ2) is 38.5. The van der Waals surface area contributed by atoms with Gasteiger partial charge in [-0.25, -0.2) is 4.98 Å². The highest BCUT2D eigenvalue weighted by molar-refractivity contribution is 5.88. The maximum atomic E-state index is 13.7. The summed E-state index contributed by atoms with van der Waals surface area (Å²) in [5.74, 6) is 0.128. The van der Waals surface area contributed by atoms with E-state index >= 15 is 0 Å². The SMILES string of the molecule is C/C=C\C.C=CC.CC.CC.CC(=O)N(C)C.CC(N)=O.CO.COc1cc(C(F)(F)F)c2c(=O)cc(Nc3ccccc3)n(-c3ccccc3)c2n1.O=c1cc(Nc2ccccc2)n(C2=CCC=CC=C2)c2nccc(C(F)(F)F)c12. The number of primary amides is 1. The van der Waals surface area contributed by atoms with Gasteiger partial charge in [0, 0.05) is 82.2 Å². The fourth-order valence-corrected chi connectivity index (χ4v) is 6.45. The van der Waals surface area contributed by atoms with Gasteiger partial charge in [0.1, 0.15) is 11.6 Å². The lowest BCUT2D eigenvalue weighted by molar-refractivity contribution is -0.137. The number of nitrogens with zero attached hydrogens (tertiary/aromatic N) is 5. The number of rotatable bonds is 7. The predicted octanol–water partition coefficient (Wildman–Crippen LogP) is 14.7. The van der Waals surface area contributed by atoms with Crippen molar-refractivity contribution >= 4 is 62.6 Å². The van der Waals surface area contributed by atoms with Gasteiger partial charge >= 0.3 is 12.4 Å². The number of hydrogen-bond acceptors (Lipinski definition) is 10. The van der Waals surface area contributed by atoms with Crippen LogP contribution in [0.3, 0.4) is 0 Å². The number of carbonyl (C=O) groups is 2. The zero-order chi connectivity index (χ0) is 62.6. The summed E-state index contributed by atoms with van der Waals surface area (Å²) in [6.07, 6.45) is 7.21. The summed E-state index contributed by atoms with van der Waals surface area (Å²) >= 11 is 0. The number of benzene rings is 3. The van der Waals surface area contributed by atoms with Gasteiger partial charge in [-0.1, -0.05) is 125 Å². The van der Waals surface area contributed by atoms with E-state index in [2.05, 4.69) is 32.9 Å². The van der Waals surface area contributed by atoms with Gasteiger partial charge in [-0.15, -0.1) is 6.58 Å². The van der Waals surface area contributed by atoms with E-state index in [1.807, 2.05) is 103 Å². The van der Waals surface area contributed by atoms with E-state index in [0.717, 1.165) is 31.5 Å². The average molecular weight is 1140 g/mol. The zero-order valence-electron chi connectivity index (χ0n) is 48.6. The molecule has 1 aliphatic rings. The zero-order valence-corrected chi connectivity index (χ0v) is 48.6. The summed E-state index contributed by atoms with van der Waals surface area (Å²) in [5.41, 5.74) is 3.16. The lowest BCUT2D eigenvalue weighted by Gasteiger charge is -2.20. The number of allylic oxidation sites excluding steroid dienone is 9. The number of halogens is 6. The van der Waals surface area contributed by atoms with Gasteiger partial charge in [-0.2, -0.15) is 31.3 Å². The van der Waals surface area contributed by atoms with Crippen LogP contribution in [-0.2, 0) is 21.9 Å². The van der Waals surface area contributed by atoms with Gasteiger partial charge in [0.05, 0.1) is 29.0 Å². The Bertz CT molecular complexity index is 3280. The molecule has 442 valence electrons. The standard InChI is InChI=1S/C22H16F3N3O2.C22H16F3N3O.C4H9NO.C4H8.C3H6.C2H5NO.2C2H6.CH4O/c1-30-19-12-16(22(23,24)25)20-17(29)13-18(26-14-8-4-2-5-9-14)28(21(20)27-19)15-10-6-3-7-11-15;23-22(24,25)17-12-13-26-21-20(17)18(29)14-19(27-15-8-4-3-5-9-15)28(21)16-10-6-1-2-7-11-16;1-4(6)5(2)3;1-3-4-2;1-3-2;1-2(3)4;3*1-2/h2-13,26H,1H3;1-6,8-14,27H,7H2;1-3H3;3-4H,1-2H3;3H,1H2,2H3;1H3,(H2,3,4);2*1-2H3;2H,1H3/b;;;4-3-;;;;;. The molecule has 0 radical (unpaired) electrons. The first-order valence-electron chi connectivity index (χ1n) is 25.6. The first kappa shape index (κ1) is 73.0. The van der Waals surface area contributed by atoms with Crippen LogP contribution in [0.5, 0.6) is 5.88 Å². The molecule has 0 saturated heterocycles. The second-order valence-electron chi connectivity index (χ2n) is 16.0. The molecular formula is C62H76F6N8O6. The number of methoxy groups -OCH3 is 1. The number of alkyl halides is 6. The maximum absolute atomic E-state index is 13.7. The second-order valence-corrected chi connectivity index (χ2v) is 16.0. The van der Waals surface area contributed by atoms with E-state index in [9.17, 15) is 45.5 Å². The van der Waals surface area contributed by atoms with Crippen molar-refractivity contribution in [2.75, 3.05) is 38.9 Å². The molecule has 82 heavy (non-hydrogen) atoms. The monoisotopic (exact) mass is 1140 g/mol. The number of nitrogens with two attached hydrogens (primary N) is 1. The molecule has 1 aliphatic carbocycles. The maximum Gasteiger partial charge on any atom is 0.417 e. The largest absolute Gasteiger partial charge is 0.481 e. The molecule has 3 aromatic carbocycles. The van der Waals surface area contributed by atoms with Crippen LogP contribution in [0.15, 0.2) is 186 Å². The molecule has 0 atom stereocenters. The van der Waals surface area contributed by atoms with E-state index in [-0.39, 0.29) is 34.8 Å². The topological polar surface area (TPSA) is 187 Å². The summed E-state index contributed by atoms with van der Waals surface area (Å²) < 4.78 is 89.9. The minimum atomic E-state index is -4.75. The van der Waals surface area contributed by atoms with E-state index in [1.54, 1.807) is 104 Å². The Morgan fingerprint density at radius 2 is 1.11 bits per heavy atom. The van der Waals surface area contributed by atoms with E-state index in [4.69, 9.17) is 9.84 Å². The van der Waals surface area contributed by atoms with Crippen molar-refractivity contribution < 1.29 is 45.8 Å². The van der Waals surface area contributed by atoms with Crippen molar-refractivity contribution in [3.63, 3.8) is 0 Å². The average Bonchev–Trinajstić information content (AvgIpc) is 2.93. The quantitative estimate of drug-likeness (QED) is 0.0884. The van der Waals surface area contributed by atoms with Gasteiger partial charge in [0.25, 0.3) is 0 Å². The third kappa shape index (κ3) is 23.7. The summed E-state index contributed by atoms with van der Waals surface area (Å²) in [7, 11) is 5.68. The third-order valence-corrected chi connectivity index (χ3v) is 9.97. The van der Waals surface area contributed by atoms with Gasteiger partial charge in [-0.05, 0) is 75.7 Å². The highest BCUT2D eigenvalue weighted by Crippen LogP contribution is 2.38. The number of ether oxygens (including phenoxy) is 1. The number of anilines is 4. The lowest BCUT2D eigenvalue weighted by Crippen LogP contribution is -2.18. The first-order valence-corrected chi connectivity index (χ1v) is 25.6. The Labute approximate surface area is 476 Å². The number of nitrogens with one attached hydrogen (secondary N) is 2. The molecule has 0 fully saturated rings. The van der Waals surface area contributed by atoms with Crippen LogP contribution >= 0.6 is 0 Å². The minimum absolute atomic E-state index is 0.0523. The number of aromatic nitrogens is 4. The van der Waals surface area contributed by atoms with Crippen molar-refractivity contribution in [1.29, 1.82) is 0 Å². The Morgan fingerprint density at radius 1 is 0.695 bits per heavy atom. The molecular weight excluding hydrogens is 1070 g/mol. The highest BCUT2D eigenvalue weighted by Gasteiger charge is 2.36. The van der Waals surface area contributed by atoms with Gasteiger partial charge in [0.15, 0.2) is 22.2 Å². The molecule has 0 aliphatic heterocycles. The Balaban J connectivity index is 0.00000117. The number of aliphatic hydroxyl groups excluding tert-OH is 1. The first-order chi connectivity index (χ1) is 39.0. The normalized spacial score (nSPS) is 10.9. The number of hydrogen-bond donors (Lipinski definition) is 4. The number of amides is 2. The van der Waals surface area contributed by atoms with Crippen LogP contribution in [0.1, 0.15) is 79.9 Å². The number of fused-ring (bicyclic) bond motifs is 2. The van der Waals surface area contributed by atoms with Gasteiger partial charge in [0.2, 0.25) is 17.7 Å². The van der Waals surface area contributed by atoms with Gasteiger partial charge in [-0.3, -0.25) is 28.3 Å². The summed E-state index contributed by atoms with van der Waals surface area (Å²) in [5, 5.41) is 12.3. The minimum Gasteiger partial charge on any atom is -0.481 e. The molecule has 4 heterocycles. The van der Waals surface area contributed by atoms with Crippen molar-refractivity contribution in [2.24, 2.45) is 5.73 Å². The van der Waals surface area contributed by atoms with Crippen LogP contribution in [0, 0.1) is 0 Å². The number of pyridine rings is 4. The number of carbonyl (C=O) groups excluding carboxylic acids is 2. The van der Waals surface area contributed by atoms with E-state index in [0.29, 0.717) is 35.0 Å². The molecule has 14 nitrogen and oxygen atoms in total. The molecule has 0 unspecified atom stereocenters. The molecule has 0 saturated carbocycles. The Kier molecular flexibility index (Phi) is 34.3. The molecule has 0 spiro atoms. The molecule has 2 amide bonds. The summed E-state index contributed by atoms with van der Waals surface area (Å²) in [6, 6.07) is 30.7. The van der Waals surface area contributed by atoms with E-state index in [1.165, 1.54) is 36.5 Å². The van der Waals surface area contributed by atoms with Crippen molar-refractivity contribution in [1.82, 2.24) is 24.0 Å². The molecule has 20 heteroatoms. The Morgan fingerprint density at radius 3 is 1.51 bits per heavy atom. The summed E-state index contributed by atoms with van der Waals surface area (Å²) in [6.45, 7) is 20.1. The van der Waals surface area contributed by atoms with E-state index < -0.39 is 45.1 Å². The third-order valence-electron chi connectivity index (χ3n) is 9.97. The number of para-hydroxylation sites is 3. The van der Waals surface area contributed by atoms with Crippen molar-refractivity contribution in [3.05, 3.63) is 208 Å². The Hall–Kier alpha value is -9.04. The fraction of sp³-hybridized carbons (Fsp3) is 0.258. The number of aliphatic hydroxyl groups is 1. The fourth-order valence-electron chi connectivity index (χ4n) is 6.45. The van der Waals surface area contributed by atoms with Crippen LogP contribution in [0.2, 0.25) is 0 Å². The van der Waals surface area contributed by atoms with Crippen molar-refractivity contribution in [3.8, 4) is 11.6 Å². The lowest BCUT2D eigenvalue weighted by atomic mass is 10.1. The van der Waals surface area contributed by atoms with Crippen LogP contribution in [-0.4, -0.2) is 69.2 Å². The predicted molar refractivity (Wildman–Crippen MR) is 323 cm³/mol. The molecule has 8 rings (SSSR count). The molecule has 5 N–H and O–H groups in total. The van der Waals surface area contributed by atoms with Gasteiger partial charge < -0.3 is 31.1 Å². The van der Waals surface area contributed by atoms with Crippen molar-refractivity contribution in [2.45, 2.75) is 81.1 Å². The molecule has 4 aromatic heterocycles. The molecule has 7 aromatic rings. The molecule has 0 bridgehead atoms.